The third-order valence-corrected chi connectivity index (χ3v) is 7.36. The lowest BCUT2D eigenvalue weighted by molar-refractivity contribution is 0.0917. The summed E-state index contributed by atoms with van der Waals surface area (Å²) in [4.78, 5) is 26.2. The Kier molecular flexibility index (Phi) is 6.74. The second kappa shape index (κ2) is 9.49. The zero-order chi connectivity index (χ0) is 26.3. The van der Waals surface area contributed by atoms with Crippen molar-refractivity contribution in [2.75, 3.05) is 14.2 Å². The number of furan rings is 1. The van der Waals surface area contributed by atoms with E-state index in [1.54, 1.807) is 26.4 Å². The lowest BCUT2D eigenvalue weighted by Crippen LogP contribution is -2.34. The van der Waals surface area contributed by atoms with E-state index in [0.29, 0.717) is 17.1 Å². The van der Waals surface area contributed by atoms with Crippen LogP contribution in [0.1, 0.15) is 89.5 Å². The Morgan fingerprint density at radius 1 is 0.861 bits per heavy atom. The number of ketones is 1. The van der Waals surface area contributed by atoms with Gasteiger partial charge in [0.25, 0.3) is 5.91 Å². The molecular weight excluding hydrogens is 454 g/mol. The largest absolute Gasteiger partial charge is 0.497 e. The normalized spacial score (nSPS) is 15.6. The number of amides is 1. The molecule has 6 nitrogen and oxygen atoms in total. The lowest BCUT2D eigenvalue weighted by Gasteiger charge is -2.42. The predicted molar refractivity (Wildman–Crippen MR) is 139 cm³/mol. The van der Waals surface area contributed by atoms with Gasteiger partial charge in [-0.05, 0) is 83.2 Å². The van der Waals surface area contributed by atoms with Crippen molar-refractivity contribution in [3.8, 4) is 11.5 Å². The molecule has 1 amide bonds. The fraction of sp³-hybridized carbons (Fsp3) is 0.400. The van der Waals surface area contributed by atoms with E-state index in [-0.39, 0.29) is 34.7 Å². The van der Waals surface area contributed by atoms with Crippen molar-refractivity contribution < 1.29 is 23.5 Å². The molecule has 36 heavy (non-hydrogen) atoms. The number of carbonyl (C=O) groups is 2. The third-order valence-electron chi connectivity index (χ3n) is 7.36. The van der Waals surface area contributed by atoms with Crippen LogP contribution in [-0.2, 0) is 17.4 Å². The van der Waals surface area contributed by atoms with Crippen LogP contribution in [0.2, 0.25) is 0 Å². The summed E-state index contributed by atoms with van der Waals surface area (Å²) in [5, 5.41) is 2.83. The number of aryl methyl sites for hydroxylation is 1. The molecule has 1 aromatic heterocycles. The molecule has 0 saturated carbocycles. The summed E-state index contributed by atoms with van der Waals surface area (Å²) >= 11 is 0. The fourth-order valence-electron chi connectivity index (χ4n) is 4.92. The Hall–Kier alpha value is -3.54. The topological polar surface area (TPSA) is 77.8 Å². The Bertz CT molecular complexity index is 1290. The van der Waals surface area contributed by atoms with E-state index in [4.69, 9.17) is 13.9 Å². The number of benzene rings is 2. The molecule has 0 saturated heterocycles. The number of nitrogens with one attached hydrogen (secondary N) is 1. The summed E-state index contributed by atoms with van der Waals surface area (Å²) < 4.78 is 16.3. The summed E-state index contributed by atoms with van der Waals surface area (Å²) in [6.45, 7) is 11.2. The molecule has 4 rings (SSSR count). The second-order valence-electron chi connectivity index (χ2n) is 10.9. The SMILES string of the molecule is COc1cc(CNC(=O)c2ccc(C(=O)c3cc4c(cc3C)C(C)(C)CCC4(C)C)o2)cc(OC)c1. The molecule has 0 spiro atoms. The molecular formula is C30H35NO5. The number of methoxy groups -OCH3 is 2. The molecule has 1 aliphatic carbocycles. The van der Waals surface area contributed by atoms with Gasteiger partial charge in [0.15, 0.2) is 11.5 Å². The molecule has 0 atom stereocenters. The minimum Gasteiger partial charge on any atom is -0.497 e. The smallest absolute Gasteiger partial charge is 0.287 e. The zero-order valence-corrected chi connectivity index (χ0v) is 22.2. The Morgan fingerprint density at radius 2 is 1.42 bits per heavy atom. The average molecular weight is 490 g/mol. The van der Waals surface area contributed by atoms with Crippen LogP contribution in [0.25, 0.3) is 0 Å². The van der Waals surface area contributed by atoms with Gasteiger partial charge in [-0.1, -0.05) is 33.8 Å². The summed E-state index contributed by atoms with van der Waals surface area (Å²) in [5.41, 5.74) is 4.93. The summed E-state index contributed by atoms with van der Waals surface area (Å²) in [7, 11) is 3.15. The molecule has 0 fully saturated rings. The average Bonchev–Trinajstić information content (AvgIpc) is 3.35. The first-order valence-electron chi connectivity index (χ1n) is 12.3. The van der Waals surface area contributed by atoms with Crippen LogP contribution >= 0.6 is 0 Å². The number of rotatable bonds is 7. The van der Waals surface area contributed by atoms with Gasteiger partial charge in [-0.3, -0.25) is 9.59 Å². The van der Waals surface area contributed by atoms with Gasteiger partial charge in [0, 0.05) is 18.2 Å². The zero-order valence-electron chi connectivity index (χ0n) is 22.2. The van der Waals surface area contributed by atoms with E-state index >= 15 is 0 Å². The first-order valence-corrected chi connectivity index (χ1v) is 12.3. The van der Waals surface area contributed by atoms with Gasteiger partial charge in [-0.25, -0.2) is 0 Å². The highest BCUT2D eigenvalue weighted by Crippen LogP contribution is 2.46. The van der Waals surface area contributed by atoms with Gasteiger partial charge < -0.3 is 19.2 Å². The van der Waals surface area contributed by atoms with Crippen LogP contribution in [0.3, 0.4) is 0 Å². The molecule has 2 aromatic carbocycles. The van der Waals surface area contributed by atoms with Gasteiger partial charge in [0.1, 0.15) is 11.5 Å². The number of carbonyl (C=O) groups excluding carboxylic acids is 2. The van der Waals surface area contributed by atoms with E-state index in [9.17, 15) is 9.59 Å². The van der Waals surface area contributed by atoms with E-state index in [1.807, 2.05) is 25.1 Å². The molecule has 0 radical (unpaired) electrons. The highest BCUT2D eigenvalue weighted by atomic mass is 16.5. The van der Waals surface area contributed by atoms with Crippen molar-refractivity contribution in [1.82, 2.24) is 5.32 Å². The number of hydrogen-bond donors (Lipinski definition) is 1. The quantitative estimate of drug-likeness (QED) is 0.405. The van der Waals surface area contributed by atoms with E-state index < -0.39 is 5.91 Å². The van der Waals surface area contributed by atoms with Crippen molar-refractivity contribution in [2.45, 2.75) is 64.8 Å². The van der Waals surface area contributed by atoms with Crippen molar-refractivity contribution in [2.24, 2.45) is 0 Å². The Labute approximate surface area is 213 Å². The minimum atomic E-state index is -0.402. The maximum absolute atomic E-state index is 13.4. The van der Waals surface area contributed by atoms with Crippen molar-refractivity contribution in [3.63, 3.8) is 0 Å². The van der Waals surface area contributed by atoms with Gasteiger partial charge >= 0.3 is 0 Å². The minimum absolute atomic E-state index is 0.00933. The van der Waals surface area contributed by atoms with Crippen molar-refractivity contribution >= 4 is 11.7 Å². The fourth-order valence-corrected chi connectivity index (χ4v) is 4.92. The molecule has 6 heteroatoms. The maximum atomic E-state index is 13.4. The van der Waals surface area contributed by atoms with Crippen LogP contribution in [-0.4, -0.2) is 25.9 Å². The van der Waals surface area contributed by atoms with Gasteiger partial charge in [-0.15, -0.1) is 0 Å². The maximum Gasteiger partial charge on any atom is 0.287 e. The van der Waals surface area contributed by atoms with E-state index in [1.165, 1.54) is 17.2 Å². The molecule has 1 aliphatic rings. The molecule has 1 N–H and O–H groups in total. The van der Waals surface area contributed by atoms with Crippen molar-refractivity contribution in [1.29, 1.82) is 0 Å². The van der Waals surface area contributed by atoms with Crippen LogP contribution < -0.4 is 14.8 Å². The first-order chi connectivity index (χ1) is 16.9. The molecule has 0 unspecified atom stereocenters. The summed E-state index contributed by atoms with van der Waals surface area (Å²) in [5.74, 6) is 0.893. The van der Waals surface area contributed by atoms with Gasteiger partial charge in [-0.2, -0.15) is 0 Å². The third kappa shape index (κ3) is 4.90. The number of hydrogen-bond acceptors (Lipinski definition) is 5. The van der Waals surface area contributed by atoms with Crippen LogP contribution in [0.5, 0.6) is 11.5 Å². The lowest BCUT2D eigenvalue weighted by atomic mass is 9.62. The molecule has 1 heterocycles. The first kappa shape index (κ1) is 25.5. The molecule has 0 aliphatic heterocycles. The Morgan fingerprint density at radius 3 is 2.00 bits per heavy atom. The van der Waals surface area contributed by atoms with Crippen LogP contribution in [0, 0.1) is 6.92 Å². The van der Waals surface area contributed by atoms with Gasteiger partial charge in [0.05, 0.1) is 14.2 Å². The second-order valence-corrected chi connectivity index (χ2v) is 10.9. The number of fused-ring (bicyclic) bond motifs is 1. The summed E-state index contributed by atoms with van der Waals surface area (Å²) in [6, 6.07) is 12.7. The number of ether oxygens (including phenoxy) is 2. The predicted octanol–water partition coefficient (Wildman–Crippen LogP) is 6.12. The van der Waals surface area contributed by atoms with E-state index in [2.05, 4.69) is 39.1 Å². The highest BCUT2D eigenvalue weighted by Gasteiger charge is 2.38. The van der Waals surface area contributed by atoms with Gasteiger partial charge in [0.2, 0.25) is 5.78 Å². The summed E-state index contributed by atoms with van der Waals surface area (Å²) in [6.07, 6.45) is 2.17. The van der Waals surface area contributed by atoms with Crippen LogP contribution in [0.4, 0.5) is 0 Å². The standard InChI is InChI=1S/C30H35NO5/c1-18-12-23-24(30(4,5)11-10-29(23,2)3)16-22(18)27(32)25-8-9-26(36-25)28(33)31-17-19-13-20(34-6)15-21(14-19)35-7/h8-9,12-16H,10-11,17H2,1-7H3,(H,31,33). The monoisotopic (exact) mass is 489 g/mol. The molecule has 3 aromatic rings. The van der Waals surface area contributed by atoms with E-state index in [0.717, 1.165) is 24.0 Å². The molecule has 0 bridgehead atoms. The van der Waals surface area contributed by atoms with Crippen LogP contribution in [0.15, 0.2) is 46.9 Å². The Balaban J connectivity index is 1.54. The molecule has 190 valence electrons. The van der Waals surface area contributed by atoms with Crippen molar-refractivity contribution in [3.05, 3.63) is 81.8 Å². The highest BCUT2D eigenvalue weighted by molar-refractivity contribution is 6.09.